The second-order valence-electron chi connectivity index (χ2n) is 9.00. The first kappa shape index (κ1) is 14.3. The molecule has 6 unspecified atom stereocenters. The molecule has 0 aromatic carbocycles. The normalized spacial score (nSPS) is 55.3. The Kier molecular flexibility index (Phi) is 2.68. The van der Waals surface area contributed by atoms with Gasteiger partial charge >= 0.3 is 0 Å². The molecule has 0 amide bonds. The lowest BCUT2D eigenvalue weighted by Crippen LogP contribution is -2.57. The average Bonchev–Trinajstić information content (AvgIpc) is 2.91. The van der Waals surface area contributed by atoms with Crippen molar-refractivity contribution in [2.24, 2.45) is 23.2 Å². The van der Waals surface area contributed by atoms with E-state index in [4.69, 9.17) is 4.74 Å². The summed E-state index contributed by atoms with van der Waals surface area (Å²) in [5, 5.41) is 10.8. The Bertz CT molecular complexity index is 522. The lowest BCUT2D eigenvalue weighted by molar-refractivity contribution is -0.214. The highest BCUT2D eigenvalue weighted by atomic mass is 16.5. The van der Waals surface area contributed by atoms with Gasteiger partial charge in [0.15, 0.2) is 0 Å². The van der Waals surface area contributed by atoms with Crippen LogP contribution in [-0.2, 0) is 4.74 Å². The number of aliphatic hydroxyl groups is 1. The third-order valence-electron chi connectivity index (χ3n) is 7.67. The summed E-state index contributed by atoms with van der Waals surface area (Å²) in [6.45, 7) is 11.7. The summed E-state index contributed by atoms with van der Waals surface area (Å²) in [6, 6.07) is 0. The van der Waals surface area contributed by atoms with Gasteiger partial charge in [-0.25, -0.2) is 0 Å². The minimum atomic E-state index is -0.346. The van der Waals surface area contributed by atoms with Gasteiger partial charge in [-0.2, -0.15) is 0 Å². The minimum Gasteiger partial charge on any atom is -0.389 e. The Hall–Kier alpha value is -0.340. The maximum atomic E-state index is 10.8. The maximum absolute atomic E-state index is 10.8. The van der Waals surface area contributed by atoms with Gasteiger partial charge in [-0.1, -0.05) is 33.3 Å². The first-order valence-electron chi connectivity index (χ1n) is 8.84. The zero-order valence-electron chi connectivity index (χ0n) is 14.2. The second kappa shape index (κ2) is 3.94. The van der Waals surface area contributed by atoms with Crippen LogP contribution in [0, 0.1) is 23.2 Å². The molecule has 4 aliphatic rings. The lowest BCUT2D eigenvalue weighted by atomic mass is 9.65. The number of hydrogen-bond donors (Lipinski definition) is 1. The molecule has 2 nitrogen and oxygen atoms in total. The van der Waals surface area contributed by atoms with Gasteiger partial charge in [0.1, 0.15) is 5.60 Å². The third-order valence-corrected chi connectivity index (χ3v) is 7.67. The molecule has 3 fully saturated rings. The fraction of sp³-hybridized carbons (Fsp3) is 0.895. The van der Waals surface area contributed by atoms with E-state index < -0.39 is 0 Å². The van der Waals surface area contributed by atoms with Crippen molar-refractivity contribution >= 4 is 0 Å². The van der Waals surface area contributed by atoms with Crippen molar-refractivity contribution in [3.8, 4) is 0 Å². The van der Waals surface area contributed by atoms with Gasteiger partial charge < -0.3 is 9.84 Å². The lowest BCUT2D eigenvalue weighted by Gasteiger charge is -2.52. The van der Waals surface area contributed by atoms with Gasteiger partial charge in [0.2, 0.25) is 0 Å². The molecular weight excluding hydrogens is 260 g/mol. The molecule has 2 aliphatic carbocycles. The summed E-state index contributed by atoms with van der Waals surface area (Å²) in [6.07, 6.45) is 5.37. The maximum Gasteiger partial charge on any atom is 0.119 e. The molecule has 2 heterocycles. The standard InChI is InChI=1S/C19H30O2/c1-11(2)14-6-7-17(5)10-15-12(3)8-16(20)19(15)13(4)9-18(14,17)21-19/h11,13-14,16,20H,6-10H2,1-5H3. The molecule has 118 valence electrons. The highest BCUT2D eigenvalue weighted by Crippen LogP contribution is 2.72. The fourth-order valence-electron chi connectivity index (χ4n) is 6.66. The van der Waals surface area contributed by atoms with E-state index in [-0.39, 0.29) is 22.7 Å². The van der Waals surface area contributed by atoms with Gasteiger partial charge in [-0.3, -0.25) is 0 Å². The summed E-state index contributed by atoms with van der Waals surface area (Å²) in [5.41, 5.74) is 2.80. The topological polar surface area (TPSA) is 29.5 Å². The van der Waals surface area contributed by atoms with Crippen LogP contribution in [0.5, 0.6) is 0 Å². The predicted octanol–water partition coefficient (Wildman–Crippen LogP) is 4.08. The smallest absolute Gasteiger partial charge is 0.119 e. The summed E-state index contributed by atoms with van der Waals surface area (Å²) in [5.74, 6) is 1.76. The largest absolute Gasteiger partial charge is 0.389 e. The zero-order valence-corrected chi connectivity index (χ0v) is 14.2. The summed E-state index contributed by atoms with van der Waals surface area (Å²) in [4.78, 5) is 0. The van der Waals surface area contributed by atoms with E-state index in [1.807, 2.05) is 0 Å². The van der Waals surface area contributed by atoms with Gasteiger partial charge in [-0.05, 0) is 62.4 Å². The summed E-state index contributed by atoms with van der Waals surface area (Å²) in [7, 11) is 0. The van der Waals surface area contributed by atoms with E-state index in [0.29, 0.717) is 17.8 Å². The molecule has 0 aromatic rings. The molecule has 2 aliphatic heterocycles. The summed E-state index contributed by atoms with van der Waals surface area (Å²) < 4.78 is 6.98. The van der Waals surface area contributed by atoms with E-state index in [1.165, 1.54) is 24.0 Å². The molecule has 2 saturated heterocycles. The fourth-order valence-corrected chi connectivity index (χ4v) is 6.66. The Morgan fingerprint density at radius 2 is 2.05 bits per heavy atom. The van der Waals surface area contributed by atoms with Crippen molar-refractivity contribution in [2.75, 3.05) is 0 Å². The SMILES string of the molecule is CC1=C2CC3(C)CCC(C(C)C)C34CC(C)C2(O4)C(O)C1. The van der Waals surface area contributed by atoms with Crippen LogP contribution in [0.15, 0.2) is 11.1 Å². The Balaban J connectivity index is 1.89. The van der Waals surface area contributed by atoms with E-state index >= 15 is 0 Å². The third kappa shape index (κ3) is 1.38. The van der Waals surface area contributed by atoms with Crippen molar-refractivity contribution in [2.45, 2.75) is 84.0 Å². The van der Waals surface area contributed by atoms with Crippen molar-refractivity contribution < 1.29 is 9.84 Å². The van der Waals surface area contributed by atoms with Crippen molar-refractivity contribution in [3.63, 3.8) is 0 Å². The predicted molar refractivity (Wildman–Crippen MR) is 83.9 cm³/mol. The quantitative estimate of drug-likeness (QED) is 0.737. The van der Waals surface area contributed by atoms with Crippen LogP contribution in [0.1, 0.15) is 66.7 Å². The molecule has 0 radical (unpaired) electrons. The van der Waals surface area contributed by atoms with Crippen LogP contribution < -0.4 is 0 Å². The Labute approximate surface area is 129 Å². The molecule has 0 aromatic heterocycles. The van der Waals surface area contributed by atoms with E-state index in [1.54, 1.807) is 0 Å². The van der Waals surface area contributed by atoms with Gasteiger partial charge in [0.05, 0.1) is 11.7 Å². The Morgan fingerprint density at radius 3 is 2.71 bits per heavy atom. The molecule has 4 rings (SSSR count). The number of rotatable bonds is 1. The highest BCUT2D eigenvalue weighted by Gasteiger charge is 2.74. The van der Waals surface area contributed by atoms with Crippen LogP contribution in [0.4, 0.5) is 0 Å². The highest BCUT2D eigenvalue weighted by molar-refractivity contribution is 5.42. The Morgan fingerprint density at radius 1 is 1.33 bits per heavy atom. The molecule has 1 N–H and O–H groups in total. The number of ether oxygens (including phenoxy) is 1. The van der Waals surface area contributed by atoms with Crippen molar-refractivity contribution in [3.05, 3.63) is 11.1 Å². The zero-order chi connectivity index (χ0) is 15.2. The second-order valence-corrected chi connectivity index (χ2v) is 9.00. The van der Waals surface area contributed by atoms with E-state index in [2.05, 4.69) is 34.6 Å². The minimum absolute atomic E-state index is 0.00961. The molecule has 21 heavy (non-hydrogen) atoms. The monoisotopic (exact) mass is 290 g/mol. The first-order chi connectivity index (χ1) is 9.77. The van der Waals surface area contributed by atoms with E-state index in [9.17, 15) is 5.11 Å². The van der Waals surface area contributed by atoms with E-state index in [0.717, 1.165) is 19.3 Å². The molecular formula is C19H30O2. The molecule has 2 heteroatoms. The molecule has 2 spiro atoms. The molecule has 6 atom stereocenters. The first-order valence-corrected chi connectivity index (χ1v) is 8.84. The van der Waals surface area contributed by atoms with Crippen molar-refractivity contribution in [1.82, 2.24) is 0 Å². The molecule has 1 saturated carbocycles. The van der Waals surface area contributed by atoms with Crippen LogP contribution in [-0.4, -0.2) is 22.4 Å². The van der Waals surface area contributed by atoms with Gasteiger partial charge in [0, 0.05) is 5.41 Å². The van der Waals surface area contributed by atoms with Crippen LogP contribution in [0.25, 0.3) is 0 Å². The van der Waals surface area contributed by atoms with Crippen molar-refractivity contribution in [1.29, 1.82) is 0 Å². The summed E-state index contributed by atoms with van der Waals surface area (Å²) >= 11 is 0. The number of hydrogen-bond acceptors (Lipinski definition) is 2. The van der Waals surface area contributed by atoms with Crippen LogP contribution >= 0.6 is 0 Å². The number of aliphatic hydroxyl groups excluding tert-OH is 1. The van der Waals surface area contributed by atoms with Gasteiger partial charge in [0.25, 0.3) is 0 Å². The van der Waals surface area contributed by atoms with Crippen LogP contribution in [0.3, 0.4) is 0 Å². The van der Waals surface area contributed by atoms with Crippen LogP contribution in [0.2, 0.25) is 0 Å². The van der Waals surface area contributed by atoms with Gasteiger partial charge in [-0.15, -0.1) is 0 Å². The molecule has 2 bridgehead atoms. The average molecular weight is 290 g/mol.